The van der Waals surface area contributed by atoms with Gasteiger partial charge in [-0.3, -0.25) is 4.68 Å². The maximum atomic E-state index is 14.5. The van der Waals surface area contributed by atoms with E-state index in [9.17, 15) is 4.39 Å². The molecule has 2 heterocycles. The lowest BCUT2D eigenvalue weighted by molar-refractivity contribution is 0.122. The van der Waals surface area contributed by atoms with Gasteiger partial charge >= 0.3 is 0 Å². The van der Waals surface area contributed by atoms with E-state index in [0.29, 0.717) is 25.4 Å². The monoisotopic (exact) mass is 388 g/mol. The molecule has 1 saturated heterocycles. The first-order chi connectivity index (χ1) is 13.8. The number of hydrogen-bond donors (Lipinski definition) is 2. The molecule has 2 aromatic rings. The van der Waals surface area contributed by atoms with E-state index in [1.807, 2.05) is 40.9 Å². The molecule has 28 heavy (non-hydrogen) atoms. The van der Waals surface area contributed by atoms with Crippen LogP contribution in [-0.2, 0) is 17.8 Å². The van der Waals surface area contributed by atoms with E-state index in [0.717, 1.165) is 50.7 Å². The van der Waals surface area contributed by atoms with Gasteiger partial charge in [-0.2, -0.15) is 5.10 Å². The zero-order valence-electron chi connectivity index (χ0n) is 16.4. The van der Waals surface area contributed by atoms with E-state index in [4.69, 9.17) is 4.74 Å². The van der Waals surface area contributed by atoms with Crippen LogP contribution in [0.15, 0.2) is 41.7 Å². The van der Waals surface area contributed by atoms with Gasteiger partial charge in [0, 0.05) is 45.1 Å². The first-order valence-corrected chi connectivity index (χ1v) is 9.87. The Bertz CT molecular complexity index is 743. The summed E-state index contributed by atoms with van der Waals surface area (Å²) in [4.78, 5) is 6.60. The SMILES string of the molecule is CCNC(=NCc1ccc(N2CCOCC2)c(F)c1)NCCCn1cccn1. The molecule has 0 spiro atoms. The smallest absolute Gasteiger partial charge is 0.191 e. The number of ether oxygens (including phenoxy) is 1. The highest BCUT2D eigenvalue weighted by Gasteiger charge is 2.15. The summed E-state index contributed by atoms with van der Waals surface area (Å²) >= 11 is 0. The molecule has 2 N–H and O–H groups in total. The van der Waals surface area contributed by atoms with E-state index in [1.165, 1.54) is 0 Å². The number of morpholine rings is 1. The van der Waals surface area contributed by atoms with Crippen LogP contribution in [-0.4, -0.2) is 55.1 Å². The standard InChI is InChI=1S/C20H29FN6O/c1-2-22-20(23-7-3-9-27-10-4-8-25-27)24-16-17-5-6-19(18(21)15-17)26-11-13-28-14-12-26/h4-6,8,10,15H,2-3,7,9,11-14,16H2,1H3,(H2,22,23,24). The van der Waals surface area contributed by atoms with Crippen molar-refractivity contribution in [3.8, 4) is 0 Å². The van der Waals surface area contributed by atoms with Gasteiger partial charge in [-0.15, -0.1) is 0 Å². The number of aliphatic imine (C=N–C) groups is 1. The first-order valence-electron chi connectivity index (χ1n) is 9.87. The van der Waals surface area contributed by atoms with Gasteiger partial charge in [0.2, 0.25) is 0 Å². The minimum Gasteiger partial charge on any atom is -0.378 e. The molecule has 0 aliphatic carbocycles. The molecule has 8 heteroatoms. The van der Waals surface area contributed by atoms with Crippen molar-refractivity contribution in [3.05, 3.63) is 48.0 Å². The Morgan fingerprint density at radius 2 is 2.14 bits per heavy atom. The predicted molar refractivity (Wildman–Crippen MR) is 109 cm³/mol. The molecular weight excluding hydrogens is 359 g/mol. The van der Waals surface area contributed by atoms with Crippen LogP contribution in [0.5, 0.6) is 0 Å². The largest absolute Gasteiger partial charge is 0.378 e. The molecular formula is C20H29FN6O. The van der Waals surface area contributed by atoms with E-state index in [1.54, 1.807) is 12.3 Å². The summed E-state index contributed by atoms with van der Waals surface area (Å²) in [6.07, 6.45) is 4.67. The minimum absolute atomic E-state index is 0.202. The molecule has 0 bridgehead atoms. The third-order valence-electron chi connectivity index (χ3n) is 4.54. The van der Waals surface area contributed by atoms with Crippen molar-refractivity contribution in [1.82, 2.24) is 20.4 Å². The Kier molecular flexibility index (Phi) is 7.66. The van der Waals surface area contributed by atoms with E-state index in [2.05, 4.69) is 20.7 Å². The van der Waals surface area contributed by atoms with E-state index >= 15 is 0 Å². The normalized spacial score (nSPS) is 14.9. The van der Waals surface area contributed by atoms with Crippen LogP contribution in [0.2, 0.25) is 0 Å². The second-order valence-corrected chi connectivity index (χ2v) is 6.63. The number of nitrogens with zero attached hydrogens (tertiary/aromatic N) is 4. The number of guanidine groups is 1. The molecule has 7 nitrogen and oxygen atoms in total. The van der Waals surface area contributed by atoms with Crippen molar-refractivity contribution in [2.45, 2.75) is 26.4 Å². The van der Waals surface area contributed by atoms with Gasteiger partial charge in [0.25, 0.3) is 0 Å². The summed E-state index contributed by atoms with van der Waals surface area (Å²) in [5.41, 5.74) is 1.49. The Balaban J connectivity index is 1.52. The maximum Gasteiger partial charge on any atom is 0.191 e. The zero-order chi connectivity index (χ0) is 19.6. The maximum absolute atomic E-state index is 14.5. The Morgan fingerprint density at radius 1 is 1.29 bits per heavy atom. The summed E-state index contributed by atoms with van der Waals surface area (Å²) in [5, 5.41) is 10.7. The van der Waals surface area contributed by atoms with Crippen LogP contribution in [0.4, 0.5) is 10.1 Å². The first kappa shape index (κ1) is 20.1. The number of rotatable bonds is 8. The van der Waals surface area contributed by atoms with Gasteiger partial charge in [0.05, 0.1) is 25.4 Å². The van der Waals surface area contributed by atoms with Crippen LogP contribution < -0.4 is 15.5 Å². The highest BCUT2D eigenvalue weighted by Crippen LogP contribution is 2.21. The Labute approximate surface area is 165 Å². The number of halogens is 1. The number of benzene rings is 1. The average Bonchev–Trinajstić information content (AvgIpc) is 3.23. The molecule has 1 fully saturated rings. The fraction of sp³-hybridized carbons (Fsp3) is 0.500. The van der Waals surface area contributed by atoms with Crippen molar-refractivity contribution in [2.75, 3.05) is 44.3 Å². The predicted octanol–water partition coefficient (Wildman–Crippen LogP) is 2.00. The zero-order valence-corrected chi connectivity index (χ0v) is 16.4. The quantitative estimate of drug-likeness (QED) is 0.411. The van der Waals surface area contributed by atoms with Gasteiger partial charge in [-0.25, -0.2) is 9.38 Å². The van der Waals surface area contributed by atoms with Crippen molar-refractivity contribution in [2.24, 2.45) is 4.99 Å². The van der Waals surface area contributed by atoms with E-state index in [-0.39, 0.29) is 5.82 Å². The third kappa shape index (κ3) is 5.95. The second kappa shape index (κ2) is 10.7. The highest BCUT2D eigenvalue weighted by molar-refractivity contribution is 5.79. The van der Waals surface area contributed by atoms with E-state index < -0.39 is 0 Å². The summed E-state index contributed by atoms with van der Waals surface area (Å²) in [7, 11) is 0. The number of aryl methyl sites for hydroxylation is 1. The summed E-state index contributed by atoms with van der Waals surface area (Å²) < 4.78 is 21.8. The fourth-order valence-electron chi connectivity index (χ4n) is 3.10. The molecule has 1 aliphatic heterocycles. The summed E-state index contributed by atoms with van der Waals surface area (Å²) in [6, 6.07) is 7.28. The molecule has 1 aliphatic rings. The Hall–Kier alpha value is -2.61. The van der Waals surface area contributed by atoms with Gasteiger partial charge in [0.15, 0.2) is 5.96 Å². The molecule has 0 unspecified atom stereocenters. The molecule has 152 valence electrons. The van der Waals surface area contributed by atoms with Gasteiger partial charge in [0.1, 0.15) is 5.82 Å². The van der Waals surface area contributed by atoms with Gasteiger partial charge in [-0.05, 0) is 37.1 Å². The summed E-state index contributed by atoms with van der Waals surface area (Å²) in [5.74, 6) is 0.535. The minimum atomic E-state index is -0.202. The molecule has 0 atom stereocenters. The highest BCUT2D eigenvalue weighted by atomic mass is 19.1. The van der Waals surface area contributed by atoms with Crippen molar-refractivity contribution < 1.29 is 9.13 Å². The van der Waals surface area contributed by atoms with Crippen LogP contribution in [0.1, 0.15) is 18.9 Å². The third-order valence-corrected chi connectivity index (χ3v) is 4.54. The number of hydrogen-bond acceptors (Lipinski definition) is 4. The van der Waals surface area contributed by atoms with Gasteiger partial charge < -0.3 is 20.3 Å². The van der Waals surface area contributed by atoms with Crippen LogP contribution >= 0.6 is 0 Å². The second-order valence-electron chi connectivity index (χ2n) is 6.63. The molecule has 0 radical (unpaired) electrons. The lowest BCUT2D eigenvalue weighted by atomic mass is 10.1. The number of anilines is 1. The van der Waals surface area contributed by atoms with Crippen LogP contribution in [0.3, 0.4) is 0 Å². The van der Waals surface area contributed by atoms with Crippen LogP contribution in [0, 0.1) is 5.82 Å². The number of nitrogens with one attached hydrogen (secondary N) is 2. The Morgan fingerprint density at radius 3 is 2.86 bits per heavy atom. The van der Waals surface area contributed by atoms with Crippen molar-refractivity contribution >= 4 is 11.6 Å². The lowest BCUT2D eigenvalue weighted by Gasteiger charge is -2.29. The number of aromatic nitrogens is 2. The average molecular weight is 388 g/mol. The molecule has 0 saturated carbocycles. The topological polar surface area (TPSA) is 66.7 Å². The molecule has 1 aromatic carbocycles. The van der Waals surface area contributed by atoms with Gasteiger partial charge in [-0.1, -0.05) is 6.07 Å². The molecule has 1 aromatic heterocycles. The van der Waals surface area contributed by atoms with Crippen molar-refractivity contribution in [3.63, 3.8) is 0 Å². The molecule has 3 rings (SSSR count). The molecule has 0 amide bonds. The van der Waals surface area contributed by atoms with Crippen LogP contribution in [0.25, 0.3) is 0 Å². The van der Waals surface area contributed by atoms with Crippen molar-refractivity contribution in [1.29, 1.82) is 0 Å². The lowest BCUT2D eigenvalue weighted by Crippen LogP contribution is -2.38. The summed E-state index contributed by atoms with van der Waals surface area (Å²) in [6.45, 7) is 7.60. The fourth-order valence-corrected chi connectivity index (χ4v) is 3.10.